The summed E-state index contributed by atoms with van der Waals surface area (Å²) in [5, 5.41) is 4.02. The topological polar surface area (TPSA) is 56.9 Å². The smallest absolute Gasteiger partial charge is 0.188 e. The predicted molar refractivity (Wildman–Crippen MR) is 120 cm³/mol. The molecule has 0 saturated carbocycles. The van der Waals surface area contributed by atoms with Gasteiger partial charge in [0.05, 0.1) is 10.7 Å². The lowest BCUT2D eigenvalue weighted by Crippen LogP contribution is -2.47. The Balaban J connectivity index is 0.00000312. The van der Waals surface area contributed by atoms with Crippen LogP contribution in [-0.2, 0) is 0 Å². The zero-order chi connectivity index (χ0) is 17.6. The lowest BCUT2D eigenvalue weighted by Gasteiger charge is -2.36. The van der Waals surface area contributed by atoms with E-state index in [1.54, 1.807) is 0 Å². The van der Waals surface area contributed by atoms with Crippen LogP contribution < -0.4 is 16.0 Å². The Morgan fingerprint density at radius 2 is 1.84 bits per heavy atom. The molecule has 0 atom stereocenters. The number of piperazine rings is 1. The van der Waals surface area contributed by atoms with Crippen LogP contribution in [0.5, 0.6) is 0 Å². The van der Waals surface area contributed by atoms with Crippen molar-refractivity contribution in [3.05, 3.63) is 29.3 Å². The second kappa shape index (κ2) is 10.4. The van der Waals surface area contributed by atoms with Crippen LogP contribution in [-0.4, -0.2) is 55.7 Å². The fraction of sp³-hybridized carbons (Fsp3) is 0.611. The highest BCUT2D eigenvalue weighted by Crippen LogP contribution is 2.25. The Morgan fingerprint density at radius 1 is 1.20 bits per heavy atom. The van der Waals surface area contributed by atoms with E-state index in [0.29, 0.717) is 5.96 Å². The van der Waals surface area contributed by atoms with Gasteiger partial charge in [0, 0.05) is 44.8 Å². The van der Waals surface area contributed by atoms with Crippen LogP contribution >= 0.6 is 35.6 Å². The highest BCUT2D eigenvalue weighted by Gasteiger charge is 2.18. The number of anilines is 1. The number of halogens is 2. The van der Waals surface area contributed by atoms with Crippen molar-refractivity contribution in [2.24, 2.45) is 10.7 Å². The molecular formula is C18H31ClIN5. The van der Waals surface area contributed by atoms with E-state index >= 15 is 0 Å². The van der Waals surface area contributed by atoms with Gasteiger partial charge in [0.2, 0.25) is 0 Å². The molecule has 5 nitrogen and oxygen atoms in total. The maximum Gasteiger partial charge on any atom is 0.188 e. The summed E-state index contributed by atoms with van der Waals surface area (Å²) in [5.74, 6) is 0.533. The molecule has 0 bridgehead atoms. The molecule has 1 aliphatic heterocycles. The number of benzene rings is 1. The Kier molecular flexibility index (Phi) is 9.30. The number of para-hydroxylation sites is 1. The van der Waals surface area contributed by atoms with Crippen molar-refractivity contribution in [3.8, 4) is 0 Å². The van der Waals surface area contributed by atoms with Crippen LogP contribution in [0.4, 0.5) is 5.69 Å². The van der Waals surface area contributed by atoms with Gasteiger partial charge in [-0.2, -0.15) is 0 Å². The molecule has 142 valence electrons. The van der Waals surface area contributed by atoms with Gasteiger partial charge in [0.15, 0.2) is 5.96 Å². The molecular weight excluding hydrogens is 449 g/mol. The Bertz CT molecular complexity index is 551. The average Bonchev–Trinajstić information content (AvgIpc) is 2.51. The van der Waals surface area contributed by atoms with Gasteiger partial charge in [-0.15, -0.1) is 24.0 Å². The summed E-state index contributed by atoms with van der Waals surface area (Å²) in [5.41, 5.74) is 6.99. The molecule has 7 heteroatoms. The molecule has 1 aliphatic rings. The number of hydrogen-bond acceptors (Lipinski definition) is 3. The van der Waals surface area contributed by atoms with Gasteiger partial charge in [-0.3, -0.25) is 9.89 Å². The van der Waals surface area contributed by atoms with Crippen molar-refractivity contribution in [3.63, 3.8) is 0 Å². The third-order valence-electron chi connectivity index (χ3n) is 3.98. The van der Waals surface area contributed by atoms with Gasteiger partial charge in [-0.05, 0) is 39.3 Å². The summed E-state index contributed by atoms with van der Waals surface area (Å²) in [6, 6.07) is 8.07. The molecule has 0 spiro atoms. The SMILES string of the molecule is CC(C)(C)NC(N)=NCCCN1CCN(c2ccccc2Cl)CC1.I. The number of aliphatic imine (C=N–C) groups is 1. The fourth-order valence-electron chi connectivity index (χ4n) is 2.84. The molecule has 1 fully saturated rings. The Labute approximate surface area is 174 Å². The molecule has 0 aliphatic carbocycles. The van der Waals surface area contributed by atoms with E-state index in [2.05, 4.69) is 46.9 Å². The van der Waals surface area contributed by atoms with Crippen molar-refractivity contribution < 1.29 is 0 Å². The van der Waals surface area contributed by atoms with Crippen molar-refractivity contribution in [2.45, 2.75) is 32.7 Å². The van der Waals surface area contributed by atoms with Crippen molar-refractivity contribution in [1.82, 2.24) is 10.2 Å². The maximum atomic E-state index is 6.28. The van der Waals surface area contributed by atoms with Crippen LogP contribution in [0.3, 0.4) is 0 Å². The van der Waals surface area contributed by atoms with Crippen molar-refractivity contribution in [2.75, 3.05) is 44.2 Å². The van der Waals surface area contributed by atoms with Gasteiger partial charge in [0.25, 0.3) is 0 Å². The number of hydrogen-bond donors (Lipinski definition) is 2. The summed E-state index contributed by atoms with van der Waals surface area (Å²) in [6.07, 6.45) is 1.03. The third-order valence-corrected chi connectivity index (χ3v) is 4.30. The van der Waals surface area contributed by atoms with Crippen LogP contribution in [0.1, 0.15) is 27.2 Å². The van der Waals surface area contributed by atoms with E-state index in [9.17, 15) is 0 Å². The molecule has 25 heavy (non-hydrogen) atoms. The van der Waals surface area contributed by atoms with E-state index in [-0.39, 0.29) is 29.5 Å². The quantitative estimate of drug-likeness (QED) is 0.295. The second-order valence-electron chi connectivity index (χ2n) is 7.28. The lowest BCUT2D eigenvalue weighted by atomic mass is 10.1. The zero-order valence-electron chi connectivity index (χ0n) is 15.5. The van der Waals surface area contributed by atoms with Crippen LogP contribution in [0.25, 0.3) is 0 Å². The summed E-state index contributed by atoms with van der Waals surface area (Å²) in [6.45, 7) is 12.2. The second-order valence-corrected chi connectivity index (χ2v) is 7.68. The first-order valence-electron chi connectivity index (χ1n) is 8.65. The summed E-state index contributed by atoms with van der Waals surface area (Å²) >= 11 is 6.28. The highest BCUT2D eigenvalue weighted by molar-refractivity contribution is 14.0. The fourth-order valence-corrected chi connectivity index (χ4v) is 3.09. The third kappa shape index (κ3) is 8.00. The summed E-state index contributed by atoms with van der Waals surface area (Å²) < 4.78 is 0. The molecule has 0 radical (unpaired) electrons. The Hall–Kier alpha value is -0.730. The maximum absolute atomic E-state index is 6.28. The van der Waals surface area contributed by atoms with Crippen LogP contribution in [0.15, 0.2) is 29.3 Å². The average molecular weight is 480 g/mol. The summed E-state index contributed by atoms with van der Waals surface area (Å²) in [7, 11) is 0. The first-order valence-corrected chi connectivity index (χ1v) is 9.03. The minimum atomic E-state index is -0.0391. The molecule has 1 saturated heterocycles. The lowest BCUT2D eigenvalue weighted by molar-refractivity contribution is 0.256. The van der Waals surface area contributed by atoms with Gasteiger partial charge in [-0.1, -0.05) is 23.7 Å². The molecule has 1 heterocycles. The number of nitrogens with zero attached hydrogens (tertiary/aromatic N) is 3. The largest absolute Gasteiger partial charge is 0.370 e. The number of nitrogens with two attached hydrogens (primary N) is 1. The minimum absolute atomic E-state index is 0. The van der Waals surface area contributed by atoms with E-state index in [1.165, 1.54) is 0 Å². The van der Waals surface area contributed by atoms with E-state index in [4.69, 9.17) is 17.3 Å². The molecule has 1 aromatic carbocycles. The number of nitrogens with one attached hydrogen (secondary N) is 1. The molecule has 1 aromatic rings. The van der Waals surface area contributed by atoms with E-state index in [0.717, 1.165) is 56.4 Å². The van der Waals surface area contributed by atoms with Crippen LogP contribution in [0, 0.1) is 0 Å². The first-order chi connectivity index (χ1) is 11.3. The normalized spacial score (nSPS) is 16.5. The predicted octanol–water partition coefficient (Wildman–Crippen LogP) is 3.17. The molecule has 0 amide bonds. The van der Waals surface area contributed by atoms with Gasteiger partial charge < -0.3 is 16.0 Å². The first kappa shape index (κ1) is 22.3. The monoisotopic (exact) mass is 479 g/mol. The van der Waals surface area contributed by atoms with Crippen LogP contribution in [0.2, 0.25) is 5.02 Å². The van der Waals surface area contributed by atoms with E-state index in [1.807, 2.05) is 18.2 Å². The zero-order valence-corrected chi connectivity index (χ0v) is 18.6. The number of rotatable bonds is 5. The standard InChI is InChI=1S/C18H30ClN5.HI/c1-18(2,3)22-17(20)21-9-6-10-23-11-13-24(14-12-23)16-8-5-4-7-15(16)19;/h4-5,7-8H,6,9-14H2,1-3H3,(H3,20,21,22);1H. The van der Waals surface area contributed by atoms with Crippen molar-refractivity contribution >= 4 is 47.2 Å². The van der Waals surface area contributed by atoms with Gasteiger partial charge in [-0.25, -0.2) is 0 Å². The minimum Gasteiger partial charge on any atom is -0.370 e. The van der Waals surface area contributed by atoms with Gasteiger partial charge in [0.1, 0.15) is 0 Å². The summed E-state index contributed by atoms with van der Waals surface area (Å²) in [4.78, 5) is 9.24. The highest BCUT2D eigenvalue weighted by atomic mass is 127. The Morgan fingerprint density at radius 3 is 2.44 bits per heavy atom. The van der Waals surface area contributed by atoms with E-state index < -0.39 is 0 Å². The van der Waals surface area contributed by atoms with Crippen molar-refractivity contribution in [1.29, 1.82) is 0 Å². The number of guanidine groups is 1. The molecule has 3 N–H and O–H groups in total. The molecule has 0 unspecified atom stereocenters. The molecule has 0 aromatic heterocycles. The molecule has 2 rings (SSSR count). The van der Waals surface area contributed by atoms with Gasteiger partial charge >= 0.3 is 0 Å².